The second-order valence-electron chi connectivity index (χ2n) is 3.98. The Kier molecular flexibility index (Phi) is 3.72. The fourth-order valence-electron chi connectivity index (χ4n) is 1.68. The number of hydrogen-bond acceptors (Lipinski definition) is 4. The number of hydrogen-bond donors (Lipinski definition) is 1. The Labute approximate surface area is 106 Å². The highest BCUT2D eigenvalue weighted by atomic mass is 16.5. The molecule has 2 aromatic rings. The van der Waals surface area contributed by atoms with Crippen molar-refractivity contribution in [2.24, 2.45) is 7.05 Å². The highest BCUT2D eigenvalue weighted by Gasteiger charge is 2.02. The molecule has 0 atom stereocenters. The number of nitrogens with zero attached hydrogens (tertiary/aromatic N) is 2. The number of anilines is 1. The minimum absolute atomic E-state index is 0.712. The van der Waals surface area contributed by atoms with Gasteiger partial charge in [-0.25, -0.2) is 0 Å². The first kappa shape index (κ1) is 12.3. The van der Waals surface area contributed by atoms with Gasteiger partial charge in [-0.05, 0) is 0 Å². The first-order valence-electron chi connectivity index (χ1n) is 5.65. The molecule has 0 saturated carbocycles. The predicted molar refractivity (Wildman–Crippen MR) is 70.1 cm³/mol. The van der Waals surface area contributed by atoms with Crippen molar-refractivity contribution < 1.29 is 9.47 Å². The number of aryl methyl sites for hydroxylation is 1. The maximum atomic E-state index is 5.22. The molecule has 2 rings (SSSR count). The van der Waals surface area contributed by atoms with Crippen LogP contribution in [0.5, 0.6) is 11.5 Å². The average molecular weight is 247 g/mol. The van der Waals surface area contributed by atoms with Crippen LogP contribution in [0.25, 0.3) is 0 Å². The molecule has 0 aliphatic carbocycles. The smallest absolute Gasteiger partial charge is 0.124 e. The van der Waals surface area contributed by atoms with Crippen molar-refractivity contribution in [1.82, 2.24) is 9.78 Å². The number of benzene rings is 1. The summed E-state index contributed by atoms with van der Waals surface area (Å²) in [6, 6.07) is 5.70. The van der Waals surface area contributed by atoms with Gasteiger partial charge in [-0.1, -0.05) is 0 Å². The quantitative estimate of drug-likeness (QED) is 0.878. The third kappa shape index (κ3) is 2.94. The van der Waals surface area contributed by atoms with Gasteiger partial charge in [0, 0.05) is 49.2 Å². The molecule has 0 amide bonds. The number of nitrogens with one attached hydrogen (secondary N) is 1. The Bertz CT molecular complexity index is 500. The molecular formula is C13H17N3O2. The molecule has 5 heteroatoms. The Morgan fingerprint density at radius 2 is 1.83 bits per heavy atom. The number of methoxy groups -OCH3 is 2. The molecule has 1 heterocycles. The summed E-state index contributed by atoms with van der Waals surface area (Å²) in [4.78, 5) is 0. The lowest BCUT2D eigenvalue weighted by molar-refractivity contribution is 0.394. The van der Waals surface area contributed by atoms with Crippen molar-refractivity contribution in [3.63, 3.8) is 0 Å². The van der Waals surface area contributed by atoms with Gasteiger partial charge >= 0.3 is 0 Å². The molecule has 0 aliphatic heterocycles. The molecule has 1 aromatic heterocycles. The van der Waals surface area contributed by atoms with E-state index in [4.69, 9.17) is 9.47 Å². The van der Waals surface area contributed by atoms with Gasteiger partial charge in [0.2, 0.25) is 0 Å². The molecule has 0 unspecified atom stereocenters. The fourth-order valence-corrected chi connectivity index (χ4v) is 1.68. The molecule has 0 saturated heterocycles. The molecule has 1 N–H and O–H groups in total. The molecule has 96 valence electrons. The summed E-state index contributed by atoms with van der Waals surface area (Å²) in [6.07, 6.45) is 3.81. The van der Waals surface area contributed by atoms with E-state index in [1.54, 1.807) is 18.9 Å². The van der Waals surface area contributed by atoms with Crippen molar-refractivity contribution >= 4 is 5.69 Å². The summed E-state index contributed by atoms with van der Waals surface area (Å²) in [6.45, 7) is 0.712. The Balaban J connectivity index is 2.08. The van der Waals surface area contributed by atoms with Gasteiger partial charge in [-0.3, -0.25) is 4.68 Å². The summed E-state index contributed by atoms with van der Waals surface area (Å²) < 4.78 is 12.2. The van der Waals surface area contributed by atoms with Gasteiger partial charge < -0.3 is 14.8 Å². The van der Waals surface area contributed by atoms with E-state index >= 15 is 0 Å². The normalized spacial score (nSPS) is 10.2. The fraction of sp³-hybridized carbons (Fsp3) is 0.308. The molecular weight excluding hydrogens is 230 g/mol. The summed E-state index contributed by atoms with van der Waals surface area (Å²) in [5, 5.41) is 7.43. The van der Waals surface area contributed by atoms with Crippen molar-refractivity contribution in [3.05, 3.63) is 36.2 Å². The maximum absolute atomic E-state index is 5.22. The zero-order valence-corrected chi connectivity index (χ0v) is 10.8. The summed E-state index contributed by atoms with van der Waals surface area (Å²) in [7, 11) is 5.18. The van der Waals surface area contributed by atoms with Gasteiger partial charge in [0.05, 0.1) is 20.4 Å². The van der Waals surface area contributed by atoms with Crippen LogP contribution in [0.4, 0.5) is 5.69 Å². The lowest BCUT2D eigenvalue weighted by Crippen LogP contribution is -1.99. The highest BCUT2D eigenvalue weighted by Crippen LogP contribution is 2.25. The largest absolute Gasteiger partial charge is 0.497 e. The van der Waals surface area contributed by atoms with Gasteiger partial charge in [-0.2, -0.15) is 5.10 Å². The second-order valence-corrected chi connectivity index (χ2v) is 3.98. The SMILES string of the molecule is COc1cc(NCc2cnn(C)c2)cc(OC)c1. The van der Waals surface area contributed by atoms with E-state index in [9.17, 15) is 0 Å². The Morgan fingerprint density at radius 1 is 1.17 bits per heavy atom. The van der Waals surface area contributed by atoms with Crippen LogP contribution in [0, 0.1) is 0 Å². The molecule has 0 spiro atoms. The maximum Gasteiger partial charge on any atom is 0.124 e. The van der Waals surface area contributed by atoms with E-state index in [-0.39, 0.29) is 0 Å². The van der Waals surface area contributed by atoms with Crippen LogP contribution in [0.3, 0.4) is 0 Å². The third-order valence-corrected chi connectivity index (χ3v) is 2.61. The number of ether oxygens (including phenoxy) is 2. The molecule has 5 nitrogen and oxygen atoms in total. The van der Waals surface area contributed by atoms with Crippen LogP contribution in [-0.4, -0.2) is 24.0 Å². The summed E-state index contributed by atoms with van der Waals surface area (Å²) in [5.41, 5.74) is 2.08. The number of aromatic nitrogens is 2. The zero-order valence-electron chi connectivity index (χ0n) is 10.8. The zero-order chi connectivity index (χ0) is 13.0. The van der Waals surface area contributed by atoms with E-state index < -0.39 is 0 Å². The minimum atomic E-state index is 0.712. The van der Waals surface area contributed by atoms with Crippen LogP contribution in [0.15, 0.2) is 30.6 Å². The average Bonchev–Trinajstić information content (AvgIpc) is 2.81. The first-order valence-corrected chi connectivity index (χ1v) is 5.65. The molecule has 18 heavy (non-hydrogen) atoms. The Hall–Kier alpha value is -2.17. The molecule has 0 bridgehead atoms. The standard InChI is InChI=1S/C13H17N3O2/c1-16-9-10(8-15-16)7-14-11-4-12(17-2)6-13(5-11)18-3/h4-6,8-9,14H,7H2,1-3H3. The van der Waals surface area contributed by atoms with Crippen molar-refractivity contribution in [2.75, 3.05) is 19.5 Å². The van der Waals surface area contributed by atoms with Gasteiger partial charge in [0.25, 0.3) is 0 Å². The third-order valence-electron chi connectivity index (χ3n) is 2.61. The second kappa shape index (κ2) is 5.44. The van der Waals surface area contributed by atoms with Crippen LogP contribution >= 0.6 is 0 Å². The summed E-state index contributed by atoms with van der Waals surface area (Å²) in [5.74, 6) is 1.53. The van der Waals surface area contributed by atoms with Crippen LogP contribution < -0.4 is 14.8 Å². The van der Waals surface area contributed by atoms with Crippen LogP contribution in [-0.2, 0) is 13.6 Å². The molecule has 0 aliphatic rings. The Morgan fingerprint density at radius 3 is 2.33 bits per heavy atom. The summed E-state index contributed by atoms with van der Waals surface area (Å²) >= 11 is 0. The van der Waals surface area contributed by atoms with Gasteiger partial charge in [-0.15, -0.1) is 0 Å². The first-order chi connectivity index (χ1) is 8.71. The van der Waals surface area contributed by atoms with E-state index in [1.165, 1.54) is 0 Å². The van der Waals surface area contributed by atoms with Crippen LogP contribution in [0.2, 0.25) is 0 Å². The molecule has 0 radical (unpaired) electrons. The van der Waals surface area contributed by atoms with E-state index in [0.29, 0.717) is 6.54 Å². The van der Waals surface area contributed by atoms with Crippen molar-refractivity contribution in [2.45, 2.75) is 6.54 Å². The van der Waals surface area contributed by atoms with Gasteiger partial charge in [0.1, 0.15) is 11.5 Å². The minimum Gasteiger partial charge on any atom is -0.497 e. The lowest BCUT2D eigenvalue weighted by atomic mass is 10.2. The van der Waals surface area contributed by atoms with E-state index in [1.807, 2.05) is 37.6 Å². The molecule has 0 fully saturated rings. The lowest BCUT2D eigenvalue weighted by Gasteiger charge is -2.09. The topological polar surface area (TPSA) is 48.3 Å². The predicted octanol–water partition coefficient (Wildman–Crippen LogP) is 2.05. The van der Waals surface area contributed by atoms with E-state index in [0.717, 1.165) is 22.7 Å². The van der Waals surface area contributed by atoms with Crippen molar-refractivity contribution in [3.8, 4) is 11.5 Å². The molecule has 1 aromatic carbocycles. The van der Waals surface area contributed by atoms with Crippen molar-refractivity contribution in [1.29, 1.82) is 0 Å². The van der Waals surface area contributed by atoms with Gasteiger partial charge in [0.15, 0.2) is 0 Å². The van der Waals surface area contributed by atoms with Crippen LogP contribution in [0.1, 0.15) is 5.56 Å². The monoisotopic (exact) mass is 247 g/mol. The van der Waals surface area contributed by atoms with E-state index in [2.05, 4.69) is 10.4 Å². The highest BCUT2D eigenvalue weighted by molar-refractivity contribution is 5.53. The number of rotatable bonds is 5.